The van der Waals surface area contributed by atoms with Crippen LogP contribution in [-0.4, -0.2) is 32.5 Å². The summed E-state index contributed by atoms with van der Waals surface area (Å²) in [5.41, 5.74) is 0.936. The van der Waals surface area contributed by atoms with Gasteiger partial charge in [-0.05, 0) is 37.5 Å². The number of benzene rings is 1. The van der Waals surface area contributed by atoms with E-state index in [1.165, 1.54) is 24.5 Å². The molecule has 0 aliphatic heterocycles. The van der Waals surface area contributed by atoms with E-state index in [4.69, 9.17) is 21.1 Å². The summed E-state index contributed by atoms with van der Waals surface area (Å²) in [5, 5.41) is -0.0101. The van der Waals surface area contributed by atoms with Gasteiger partial charge in [0.1, 0.15) is 17.7 Å². The summed E-state index contributed by atoms with van der Waals surface area (Å²) in [4.78, 5) is 7.24. The zero-order valence-corrected chi connectivity index (χ0v) is 17.0. The van der Waals surface area contributed by atoms with E-state index < -0.39 is 33.7 Å². The fraction of sp³-hybridized carbons (Fsp3) is 0.500. The summed E-state index contributed by atoms with van der Waals surface area (Å²) in [6.07, 6.45) is -0.220. The van der Waals surface area contributed by atoms with Crippen LogP contribution < -0.4 is 0 Å². The molecule has 154 valence electrons. The van der Waals surface area contributed by atoms with E-state index in [1.807, 2.05) is 0 Å². The van der Waals surface area contributed by atoms with Crippen molar-refractivity contribution < 1.29 is 22.1 Å². The first-order chi connectivity index (χ1) is 13.0. The van der Waals surface area contributed by atoms with Crippen LogP contribution in [0.25, 0.3) is 0 Å². The molecule has 1 aliphatic carbocycles. The van der Waals surface area contributed by atoms with Gasteiger partial charge in [0, 0.05) is 24.8 Å². The number of imidazole rings is 1. The minimum Gasteiger partial charge on any atom is -0.362 e. The lowest BCUT2D eigenvalue weighted by Gasteiger charge is -2.31. The molecule has 0 bridgehead atoms. The summed E-state index contributed by atoms with van der Waals surface area (Å²) in [5.74, 6) is -3.02. The molecule has 0 spiro atoms. The fourth-order valence-electron chi connectivity index (χ4n) is 3.29. The number of aromatic amines is 1. The molecule has 5 nitrogen and oxygen atoms in total. The highest BCUT2D eigenvalue weighted by Crippen LogP contribution is 2.38. The topological polar surface area (TPSA) is 78.8 Å². The molecule has 1 aliphatic rings. The SMILES string of the molecule is Cc1[nH]c([C@@H](OC2CCC(F)(F)CC2)c2ccc(F)c(Cl)c2)nc1[S@](C)(=N)=O. The average Bonchev–Trinajstić information content (AvgIpc) is 2.98. The molecule has 3 rings (SSSR count). The number of nitrogens with one attached hydrogen (secondary N) is 2. The molecule has 10 heteroatoms. The quantitative estimate of drug-likeness (QED) is 0.674. The minimum absolute atomic E-state index is 0.0967. The van der Waals surface area contributed by atoms with E-state index in [1.54, 1.807) is 6.92 Å². The van der Waals surface area contributed by atoms with Crippen LogP contribution in [0.15, 0.2) is 23.2 Å². The molecule has 1 fully saturated rings. The summed E-state index contributed by atoms with van der Waals surface area (Å²) < 4.78 is 66.5. The second-order valence-corrected chi connectivity index (χ2v) is 9.62. The van der Waals surface area contributed by atoms with Crippen LogP contribution in [-0.2, 0) is 14.5 Å². The Hall–Kier alpha value is -1.58. The zero-order valence-electron chi connectivity index (χ0n) is 15.4. The molecule has 0 amide bonds. The first-order valence-corrected chi connectivity index (χ1v) is 11.1. The van der Waals surface area contributed by atoms with Crippen molar-refractivity contribution in [2.75, 3.05) is 6.26 Å². The Kier molecular flexibility index (Phi) is 5.80. The molecule has 0 saturated heterocycles. The standard InChI is InChI=1S/C18H21ClF3N3O2S/c1-10-17(28(2,23)26)25-16(24-10)15(11-3-4-14(20)13(19)9-11)27-12-5-7-18(21,22)8-6-12/h3-4,9,12,15,23H,5-8H2,1-2H3,(H,24,25)/t15-,28+/m0/s1. The minimum atomic E-state index is -3.07. The lowest BCUT2D eigenvalue weighted by molar-refractivity contribution is -0.0938. The number of hydrogen-bond donors (Lipinski definition) is 2. The maximum absolute atomic E-state index is 13.6. The van der Waals surface area contributed by atoms with Crippen molar-refractivity contribution in [3.8, 4) is 0 Å². The highest BCUT2D eigenvalue weighted by atomic mass is 35.5. The first kappa shape index (κ1) is 21.1. The smallest absolute Gasteiger partial charge is 0.248 e. The Labute approximate surface area is 166 Å². The van der Waals surface area contributed by atoms with Gasteiger partial charge in [-0.15, -0.1) is 0 Å². The Morgan fingerprint density at radius 2 is 2.04 bits per heavy atom. The van der Waals surface area contributed by atoms with Crippen LogP contribution in [0.3, 0.4) is 0 Å². The van der Waals surface area contributed by atoms with Gasteiger partial charge < -0.3 is 9.72 Å². The van der Waals surface area contributed by atoms with Crippen LogP contribution in [0, 0.1) is 17.5 Å². The van der Waals surface area contributed by atoms with E-state index in [2.05, 4.69) is 9.97 Å². The number of H-pyrrole nitrogens is 1. The molecule has 0 radical (unpaired) electrons. The van der Waals surface area contributed by atoms with Crippen molar-refractivity contribution in [2.24, 2.45) is 0 Å². The summed E-state index contributed by atoms with van der Waals surface area (Å²) in [6.45, 7) is 1.64. The van der Waals surface area contributed by atoms with Gasteiger partial charge in [0.05, 0.1) is 20.9 Å². The van der Waals surface area contributed by atoms with Crippen LogP contribution in [0.4, 0.5) is 13.2 Å². The van der Waals surface area contributed by atoms with Crippen molar-refractivity contribution >= 4 is 21.3 Å². The number of ether oxygens (including phenoxy) is 1. The predicted molar refractivity (Wildman–Crippen MR) is 99.9 cm³/mol. The van der Waals surface area contributed by atoms with E-state index in [-0.39, 0.29) is 41.6 Å². The Morgan fingerprint density at radius 1 is 1.39 bits per heavy atom. The number of rotatable bonds is 5. The van der Waals surface area contributed by atoms with Crippen molar-refractivity contribution in [3.05, 3.63) is 46.1 Å². The number of halogens is 4. The third-order valence-corrected chi connectivity index (χ3v) is 6.14. The number of nitrogens with zero attached hydrogens (tertiary/aromatic N) is 1. The molecule has 2 N–H and O–H groups in total. The Morgan fingerprint density at radius 3 is 2.57 bits per heavy atom. The summed E-state index contributed by atoms with van der Waals surface area (Å²) >= 11 is 5.90. The molecule has 2 aromatic rings. The molecule has 28 heavy (non-hydrogen) atoms. The lowest BCUT2D eigenvalue weighted by atomic mass is 9.94. The van der Waals surface area contributed by atoms with Gasteiger partial charge >= 0.3 is 0 Å². The summed E-state index contributed by atoms with van der Waals surface area (Å²) in [6, 6.07) is 4.05. The van der Waals surface area contributed by atoms with Crippen LogP contribution >= 0.6 is 11.6 Å². The van der Waals surface area contributed by atoms with Gasteiger partial charge in [-0.1, -0.05) is 17.7 Å². The number of alkyl halides is 2. The van der Waals surface area contributed by atoms with E-state index in [0.29, 0.717) is 11.3 Å². The van der Waals surface area contributed by atoms with E-state index >= 15 is 0 Å². The Balaban J connectivity index is 1.96. The van der Waals surface area contributed by atoms with Crippen molar-refractivity contribution in [1.82, 2.24) is 9.97 Å². The number of aryl methyl sites for hydroxylation is 1. The second kappa shape index (κ2) is 7.68. The molecule has 1 aromatic carbocycles. The molecular weight excluding hydrogens is 415 g/mol. The van der Waals surface area contributed by atoms with Crippen molar-refractivity contribution in [3.63, 3.8) is 0 Å². The van der Waals surface area contributed by atoms with Crippen LogP contribution in [0.1, 0.15) is 48.9 Å². The largest absolute Gasteiger partial charge is 0.362 e. The van der Waals surface area contributed by atoms with E-state index in [9.17, 15) is 17.4 Å². The number of hydrogen-bond acceptors (Lipinski definition) is 4. The highest BCUT2D eigenvalue weighted by molar-refractivity contribution is 7.91. The normalized spacial score (nSPS) is 20.6. The third kappa shape index (κ3) is 4.69. The maximum atomic E-state index is 13.6. The average molecular weight is 436 g/mol. The van der Waals surface area contributed by atoms with Gasteiger partial charge in [0.15, 0.2) is 5.03 Å². The molecule has 1 heterocycles. The van der Waals surface area contributed by atoms with Gasteiger partial charge in [0.25, 0.3) is 0 Å². The molecular formula is C18H21ClF3N3O2S. The molecule has 1 aromatic heterocycles. The maximum Gasteiger partial charge on any atom is 0.248 e. The number of aromatic nitrogens is 2. The third-order valence-electron chi connectivity index (χ3n) is 4.71. The van der Waals surface area contributed by atoms with Gasteiger partial charge in [-0.3, -0.25) is 0 Å². The fourth-order valence-corrected chi connectivity index (χ4v) is 4.39. The lowest BCUT2D eigenvalue weighted by Crippen LogP contribution is -2.30. The van der Waals surface area contributed by atoms with Crippen molar-refractivity contribution in [2.45, 2.75) is 55.8 Å². The van der Waals surface area contributed by atoms with E-state index in [0.717, 1.165) is 0 Å². The van der Waals surface area contributed by atoms with Gasteiger partial charge in [0.2, 0.25) is 5.92 Å². The monoisotopic (exact) mass is 435 g/mol. The predicted octanol–water partition coefficient (Wildman–Crippen LogP) is 5.23. The van der Waals surface area contributed by atoms with Gasteiger partial charge in [-0.25, -0.2) is 27.1 Å². The highest BCUT2D eigenvalue weighted by Gasteiger charge is 2.37. The van der Waals surface area contributed by atoms with Gasteiger partial charge in [-0.2, -0.15) is 0 Å². The van der Waals surface area contributed by atoms with Crippen LogP contribution in [0.5, 0.6) is 0 Å². The first-order valence-electron chi connectivity index (χ1n) is 8.75. The Bertz CT molecular complexity index is 968. The second-order valence-electron chi connectivity index (χ2n) is 7.14. The van der Waals surface area contributed by atoms with Crippen molar-refractivity contribution in [1.29, 1.82) is 4.78 Å². The summed E-state index contributed by atoms with van der Waals surface area (Å²) in [7, 11) is -3.07. The molecule has 2 atom stereocenters. The molecule has 0 unspecified atom stereocenters. The zero-order chi connectivity index (χ0) is 20.7. The molecule has 1 saturated carbocycles. The van der Waals surface area contributed by atoms with Crippen LogP contribution in [0.2, 0.25) is 5.02 Å².